The molecule has 0 amide bonds. The molecule has 2 heteroatoms. The van der Waals surface area contributed by atoms with Gasteiger partial charge in [0, 0.05) is 37.2 Å². The Hall–Kier alpha value is -0.1000. The fourth-order valence-electron chi connectivity index (χ4n) is 5.49. The summed E-state index contributed by atoms with van der Waals surface area (Å²) in [7, 11) is 0. The molecule has 0 saturated heterocycles. The molecule has 0 N–H and O–H groups in total. The molecule has 0 nitrogen and oxygen atoms in total. The van der Waals surface area contributed by atoms with Crippen LogP contribution in [-0.4, -0.2) is 0 Å². The van der Waals surface area contributed by atoms with E-state index in [1.165, 1.54) is 49.7 Å². The van der Waals surface area contributed by atoms with E-state index in [-0.39, 0.29) is 0 Å². The fourth-order valence-corrected chi connectivity index (χ4v) is 5.49. The summed E-state index contributed by atoms with van der Waals surface area (Å²) in [5.74, 6) is 3.75. The first-order valence-corrected chi connectivity index (χ1v) is 22.5. The van der Waals surface area contributed by atoms with E-state index in [2.05, 4.69) is 158 Å². The van der Waals surface area contributed by atoms with Crippen LogP contribution in [-0.2, 0) is 12.8 Å². The maximum atomic E-state index is 2.46. The summed E-state index contributed by atoms with van der Waals surface area (Å²) < 4.78 is 0. The molecule has 0 bridgehead atoms. The smallest absolute Gasteiger partial charge is 0 e. The molecule has 2 aromatic carbocycles. The lowest BCUT2D eigenvalue weighted by molar-refractivity contribution is 0.732. The van der Waals surface area contributed by atoms with Gasteiger partial charge < -0.3 is 0 Å². The number of halogens is 2. The predicted octanol–water partition coefficient (Wildman–Crippen LogP) is 14.6. The molecule has 0 aromatic heterocycles. The van der Waals surface area contributed by atoms with Crippen molar-refractivity contribution in [2.24, 2.45) is 0 Å². The standard InChI is InChI=1S/2C19H32.I2/c2*1-8-9-10-17-18(14(4)5)11-16(13(2)3)12-19(17)15(6)7;1-2/h2*11-15H,8-10H2,1-7H3;. The molecule has 0 fully saturated rings. The van der Waals surface area contributed by atoms with Gasteiger partial charge in [-0.05, 0) is 106 Å². The number of hydrogen-bond donors (Lipinski definition) is 0. The van der Waals surface area contributed by atoms with Gasteiger partial charge in [-0.25, -0.2) is 0 Å². The lowest BCUT2D eigenvalue weighted by Crippen LogP contribution is -2.06. The Morgan fingerprint density at radius 2 is 0.650 bits per heavy atom. The topological polar surface area (TPSA) is 0 Å². The van der Waals surface area contributed by atoms with E-state index in [9.17, 15) is 0 Å². The van der Waals surface area contributed by atoms with E-state index in [1.54, 1.807) is 33.4 Å². The first kappa shape index (κ1) is 39.9. The predicted molar refractivity (Wildman–Crippen MR) is 203 cm³/mol. The van der Waals surface area contributed by atoms with E-state index in [1.807, 2.05) is 0 Å². The van der Waals surface area contributed by atoms with Crippen molar-refractivity contribution >= 4 is 37.2 Å². The number of hydrogen-bond acceptors (Lipinski definition) is 0. The molecule has 0 spiro atoms. The second-order valence-electron chi connectivity index (χ2n) is 13.5. The molecule has 2 rings (SSSR count). The van der Waals surface area contributed by atoms with Crippen LogP contribution in [0, 0.1) is 0 Å². The summed E-state index contributed by atoms with van der Waals surface area (Å²) in [4.78, 5) is 0. The van der Waals surface area contributed by atoms with Crippen LogP contribution in [0.1, 0.15) is 203 Å². The third-order valence-corrected chi connectivity index (χ3v) is 8.06. The molecule has 0 aliphatic carbocycles. The van der Waals surface area contributed by atoms with Crippen LogP contribution in [0.3, 0.4) is 0 Å². The molecule has 0 heterocycles. The average molecular weight is 775 g/mol. The maximum Gasteiger partial charge on any atom is 0 e. The summed E-state index contributed by atoms with van der Waals surface area (Å²) in [6.07, 6.45) is 7.66. The SMILES string of the molecule is CCCCc1c(C(C)C)cc(C(C)C)cc1C(C)C.CCCCc1c(C(C)C)cc(C(C)C)cc1C(C)C.II. The lowest BCUT2D eigenvalue weighted by Gasteiger charge is -2.23. The molecule has 0 saturated carbocycles. The number of rotatable bonds is 12. The summed E-state index contributed by atoms with van der Waals surface area (Å²) >= 11 is 4.24. The minimum atomic E-state index is 0.621. The molecular formula is C38H64I2. The average Bonchev–Trinajstić information content (AvgIpc) is 2.90. The van der Waals surface area contributed by atoms with Crippen molar-refractivity contribution in [2.75, 3.05) is 0 Å². The maximum absolute atomic E-state index is 2.46. The first-order chi connectivity index (χ1) is 18.8. The van der Waals surface area contributed by atoms with E-state index in [0.717, 1.165) is 0 Å². The van der Waals surface area contributed by atoms with Crippen LogP contribution in [0.15, 0.2) is 24.3 Å². The van der Waals surface area contributed by atoms with Crippen molar-refractivity contribution in [2.45, 2.75) is 171 Å². The van der Waals surface area contributed by atoms with Gasteiger partial charge in [0.05, 0.1) is 0 Å². The molecule has 0 unspecified atom stereocenters. The van der Waals surface area contributed by atoms with Crippen LogP contribution in [0.25, 0.3) is 0 Å². The Morgan fingerprint density at radius 3 is 0.800 bits per heavy atom. The van der Waals surface area contributed by atoms with Crippen molar-refractivity contribution < 1.29 is 0 Å². The number of benzene rings is 2. The molecular weight excluding hydrogens is 710 g/mol. The van der Waals surface area contributed by atoms with Crippen LogP contribution < -0.4 is 0 Å². The van der Waals surface area contributed by atoms with Gasteiger partial charge in [-0.15, -0.1) is 0 Å². The van der Waals surface area contributed by atoms with Gasteiger partial charge in [0.2, 0.25) is 0 Å². The monoisotopic (exact) mass is 774 g/mol. The van der Waals surface area contributed by atoms with Crippen molar-refractivity contribution in [3.05, 3.63) is 68.8 Å². The Morgan fingerprint density at radius 1 is 0.425 bits per heavy atom. The van der Waals surface area contributed by atoms with E-state index in [0.29, 0.717) is 35.5 Å². The molecule has 0 aliphatic heterocycles. The highest BCUT2D eigenvalue weighted by atomic mass is 128. The lowest BCUT2D eigenvalue weighted by atomic mass is 9.83. The number of unbranched alkanes of at least 4 members (excludes halogenated alkanes) is 2. The summed E-state index contributed by atoms with van der Waals surface area (Å²) in [5, 5.41) is 0. The fraction of sp³-hybridized carbons (Fsp3) is 0.684. The molecule has 40 heavy (non-hydrogen) atoms. The van der Waals surface area contributed by atoms with Gasteiger partial charge in [-0.3, -0.25) is 0 Å². The van der Waals surface area contributed by atoms with Crippen molar-refractivity contribution in [3.63, 3.8) is 0 Å². The normalized spacial score (nSPS) is 11.4. The summed E-state index contributed by atoms with van der Waals surface area (Å²) in [5.41, 5.74) is 12.6. The third-order valence-electron chi connectivity index (χ3n) is 8.06. The van der Waals surface area contributed by atoms with Crippen molar-refractivity contribution in [3.8, 4) is 0 Å². The summed E-state index contributed by atoms with van der Waals surface area (Å²) in [6.45, 7) is 32.4. The van der Waals surface area contributed by atoms with Gasteiger partial charge in [0.15, 0.2) is 0 Å². The Bertz CT molecular complexity index is 826. The first-order valence-electron chi connectivity index (χ1n) is 16.2. The molecule has 0 atom stereocenters. The minimum absolute atomic E-state index is 0.621. The zero-order chi connectivity index (χ0) is 31.2. The molecule has 0 radical (unpaired) electrons. The van der Waals surface area contributed by atoms with Gasteiger partial charge in [0.1, 0.15) is 0 Å². The highest BCUT2D eigenvalue weighted by Crippen LogP contribution is 2.34. The van der Waals surface area contributed by atoms with Crippen LogP contribution in [0.5, 0.6) is 0 Å². The highest BCUT2D eigenvalue weighted by Gasteiger charge is 2.17. The van der Waals surface area contributed by atoms with E-state index in [4.69, 9.17) is 0 Å². The zero-order valence-electron chi connectivity index (χ0n) is 28.8. The quantitative estimate of drug-likeness (QED) is 0.188. The van der Waals surface area contributed by atoms with Crippen LogP contribution >= 0.6 is 37.2 Å². The van der Waals surface area contributed by atoms with Gasteiger partial charge in [-0.1, -0.05) is 134 Å². The second-order valence-corrected chi connectivity index (χ2v) is 13.5. The zero-order valence-corrected chi connectivity index (χ0v) is 33.1. The Balaban J connectivity index is 0.000000716. The van der Waals surface area contributed by atoms with E-state index >= 15 is 0 Å². The van der Waals surface area contributed by atoms with Gasteiger partial charge in [0.25, 0.3) is 0 Å². The largest absolute Gasteiger partial charge is 0.0654 e. The van der Waals surface area contributed by atoms with Crippen molar-refractivity contribution in [1.29, 1.82) is 0 Å². The van der Waals surface area contributed by atoms with Crippen LogP contribution in [0.4, 0.5) is 0 Å². The highest BCUT2D eigenvalue weighted by molar-refractivity contribution is 15.0. The Kier molecular flexibility index (Phi) is 20.7. The molecule has 0 aliphatic rings. The minimum Gasteiger partial charge on any atom is -0.0654 e. The summed E-state index contributed by atoms with van der Waals surface area (Å²) in [6, 6.07) is 9.86. The molecule has 2 aromatic rings. The van der Waals surface area contributed by atoms with E-state index < -0.39 is 0 Å². The second kappa shape index (κ2) is 20.7. The van der Waals surface area contributed by atoms with Crippen LogP contribution in [0.2, 0.25) is 0 Å². The third kappa shape index (κ3) is 12.6. The van der Waals surface area contributed by atoms with Gasteiger partial charge in [-0.2, -0.15) is 0 Å². The van der Waals surface area contributed by atoms with Gasteiger partial charge >= 0.3 is 0 Å². The Labute approximate surface area is 275 Å². The van der Waals surface area contributed by atoms with Crippen molar-refractivity contribution in [1.82, 2.24) is 0 Å². The molecule has 230 valence electrons.